The van der Waals surface area contributed by atoms with Crippen LogP contribution < -0.4 is 5.32 Å². The molecule has 0 aliphatic rings. The maximum Gasteiger partial charge on any atom is 0.229 e. The predicted octanol–water partition coefficient (Wildman–Crippen LogP) is 3.40. The monoisotopic (exact) mass is 329 g/mol. The fourth-order valence-corrected chi connectivity index (χ4v) is 3.46. The third kappa shape index (κ3) is 3.76. The molecule has 0 aliphatic heterocycles. The molecule has 5 nitrogen and oxygen atoms in total. The van der Waals surface area contributed by atoms with Crippen LogP contribution in [-0.4, -0.2) is 15.9 Å². The van der Waals surface area contributed by atoms with Gasteiger partial charge in [0.25, 0.3) is 0 Å². The molecule has 0 aliphatic carbocycles. The van der Waals surface area contributed by atoms with Gasteiger partial charge in [0.1, 0.15) is 11.9 Å². The van der Waals surface area contributed by atoms with Gasteiger partial charge in [-0.25, -0.2) is 9.97 Å². The van der Waals surface area contributed by atoms with E-state index in [1.54, 1.807) is 11.3 Å². The van der Waals surface area contributed by atoms with Crippen LogP contribution in [0.2, 0.25) is 0 Å². The molecule has 0 bridgehead atoms. The van der Waals surface area contributed by atoms with E-state index in [0.29, 0.717) is 18.0 Å². The van der Waals surface area contributed by atoms with Gasteiger partial charge in [0.05, 0.1) is 17.2 Å². The molecule has 3 rings (SSSR count). The van der Waals surface area contributed by atoms with E-state index >= 15 is 0 Å². The van der Waals surface area contributed by atoms with Crippen molar-refractivity contribution in [2.45, 2.75) is 39.7 Å². The Bertz CT molecular complexity index is 789. The zero-order valence-electron chi connectivity index (χ0n) is 13.3. The number of nitrogens with one attached hydrogen (secondary N) is 1. The summed E-state index contributed by atoms with van der Waals surface area (Å²) in [6, 6.07) is 7.50. The average molecular weight is 329 g/mol. The largest absolute Gasteiger partial charge is 0.440 e. The van der Waals surface area contributed by atoms with Crippen molar-refractivity contribution in [3.05, 3.63) is 45.7 Å². The summed E-state index contributed by atoms with van der Waals surface area (Å²) >= 11 is 1.67. The van der Waals surface area contributed by atoms with Crippen molar-refractivity contribution in [3.8, 4) is 0 Å². The van der Waals surface area contributed by atoms with Crippen LogP contribution >= 0.6 is 11.3 Å². The molecule has 2 heterocycles. The first-order chi connectivity index (χ1) is 11.2. The number of hydrogen-bond donors (Lipinski definition) is 1. The van der Waals surface area contributed by atoms with Crippen molar-refractivity contribution in [1.29, 1.82) is 0 Å². The van der Waals surface area contributed by atoms with Crippen LogP contribution in [0.25, 0.3) is 11.1 Å². The minimum absolute atomic E-state index is 0.0959. The Hall–Kier alpha value is -2.21. The van der Waals surface area contributed by atoms with Gasteiger partial charge < -0.3 is 9.73 Å². The molecule has 6 heteroatoms. The lowest BCUT2D eigenvalue weighted by atomic mass is 10.3. The first kappa shape index (κ1) is 15.7. The van der Waals surface area contributed by atoms with Crippen LogP contribution in [0.1, 0.15) is 34.8 Å². The van der Waals surface area contributed by atoms with E-state index in [1.807, 2.05) is 31.2 Å². The van der Waals surface area contributed by atoms with E-state index in [4.69, 9.17) is 4.42 Å². The second-order valence-corrected chi connectivity index (χ2v) is 6.56. The topological polar surface area (TPSA) is 68.0 Å². The zero-order chi connectivity index (χ0) is 16.2. The highest BCUT2D eigenvalue weighted by Crippen LogP contribution is 2.19. The number of rotatable bonds is 6. The normalized spacial score (nSPS) is 11.0. The number of carbonyl (C=O) groups excluding carboxylic acids is 1. The van der Waals surface area contributed by atoms with Crippen LogP contribution in [0.15, 0.2) is 28.7 Å². The molecule has 0 radical (unpaired) electrons. The smallest absolute Gasteiger partial charge is 0.229 e. The molecule has 0 fully saturated rings. The molecule has 0 unspecified atom stereocenters. The van der Waals surface area contributed by atoms with Crippen molar-refractivity contribution < 1.29 is 9.21 Å². The predicted molar refractivity (Wildman–Crippen MR) is 90.4 cm³/mol. The van der Waals surface area contributed by atoms with Crippen molar-refractivity contribution in [3.63, 3.8) is 0 Å². The average Bonchev–Trinajstić information content (AvgIpc) is 3.08. The zero-order valence-corrected chi connectivity index (χ0v) is 14.1. The molecule has 0 spiro atoms. The molecule has 120 valence electrons. The Morgan fingerprint density at radius 3 is 2.91 bits per heavy atom. The Labute approximate surface area is 138 Å². The van der Waals surface area contributed by atoms with E-state index < -0.39 is 0 Å². The van der Waals surface area contributed by atoms with E-state index in [1.165, 1.54) is 0 Å². The van der Waals surface area contributed by atoms with E-state index in [0.717, 1.165) is 33.9 Å². The van der Waals surface area contributed by atoms with Gasteiger partial charge in [-0.1, -0.05) is 19.1 Å². The first-order valence-corrected chi connectivity index (χ1v) is 8.53. The number of aromatic nitrogens is 2. The van der Waals surface area contributed by atoms with Gasteiger partial charge in [-0.3, -0.25) is 4.79 Å². The summed E-state index contributed by atoms with van der Waals surface area (Å²) in [5, 5.41) is 4.05. The van der Waals surface area contributed by atoms with E-state index in [2.05, 4.69) is 22.2 Å². The fraction of sp³-hybridized carbons (Fsp3) is 0.353. The Balaban J connectivity index is 1.59. The Morgan fingerprint density at radius 1 is 1.30 bits per heavy atom. The quantitative estimate of drug-likeness (QED) is 0.752. The van der Waals surface area contributed by atoms with Gasteiger partial charge in [-0.05, 0) is 31.9 Å². The lowest BCUT2D eigenvalue weighted by Gasteiger charge is -2.02. The number of amides is 1. The fourth-order valence-electron chi connectivity index (χ4n) is 2.35. The summed E-state index contributed by atoms with van der Waals surface area (Å²) < 4.78 is 5.57. The van der Waals surface area contributed by atoms with Gasteiger partial charge in [-0.2, -0.15) is 0 Å². The molecule has 3 aromatic rings. The number of carbonyl (C=O) groups is 1. The third-order valence-electron chi connectivity index (χ3n) is 3.50. The molecule has 1 aromatic carbocycles. The molecule has 1 N–H and O–H groups in total. The molecule has 2 aromatic heterocycles. The SMILES string of the molecule is CCCc1nc(C)c(CNC(=O)Cc2nc3ccccc3o2)s1. The van der Waals surface area contributed by atoms with E-state index in [9.17, 15) is 4.79 Å². The summed E-state index contributed by atoms with van der Waals surface area (Å²) in [6.07, 6.45) is 2.22. The standard InChI is InChI=1S/C17H19N3O2S/c1-3-6-17-19-11(2)14(23-17)10-18-15(21)9-16-20-12-7-4-5-8-13(12)22-16/h4-5,7-8H,3,6,9-10H2,1-2H3,(H,18,21). The number of fused-ring (bicyclic) bond motifs is 1. The van der Waals surface area contributed by atoms with Crippen LogP contribution in [0.4, 0.5) is 0 Å². The van der Waals surface area contributed by atoms with Gasteiger partial charge in [0, 0.05) is 4.88 Å². The maximum atomic E-state index is 12.1. The summed E-state index contributed by atoms with van der Waals surface area (Å²) in [4.78, 5) is 22.0. The first-order valence-electron chi connectivity index (χ1n) is 7.72. The minimum Gasteiger partial charge on any atom is -0.440 e. The van der Waals surface area contributed by atoms with Crippen molar-refractivity contribution in [2.75, 3.05) is 0 Å². The van der Waals surface area contributed by atoms with Crippen LogP contribution in [0, 0.1) is 6.92 Å². The van der Waals surface area contributed by atoms with Gasteiger partial charge in [0.15, 0.2) is 5.58 Å². The molecular formula is C17H19N3O2S. The molecule has 0 atom stereocenters. The second-order valence-electron chi connectivity index (χ2n) is 5.40. The van der Waals surface area contributed by atoms with Gasteiger partial charge in [0.2, 0.25) is 11.8 Å². The van der Waals surface area contributed by atoms with Crippen LogP contribution in [0.5, 0.6) is 0 Å². The van der Waals surface area contributed by atoms with Crippen molar-refractivity contribution in [2.24, 2.45) is 0 Å². The second kappa shape index (κ2) is 6.91. The number of nitrogens with zero attached hydrogens (tertiary/aromatic N) is 2. The number of benzene rings is 1. The molecule has 23 heavy (non-hydrogen) atoms. The van der Waals surface area contributed by atoms with Crippen LogP contribution in [-0.2, 0) is 24.2 Å². The number of thiazole rings is 1. The summed E-state index contributed by atoms with van der Waals surface area (Å²) in [7, 11) is 0. The Morgan fingerprint density at radius 2 is 2.13 bits per heavy atom. The van der Waals surface area contributed by atoms with Crippen molar-refractivity contribution in [1.82, 2.24) is 15.3 Å². The molecule has 0 saturated carbocycles. The molecular weight excluding hydrogens is 310 g/mol. The molecule has 1 amide bonds. The maximum absolute atomic E-state index is 12.1. The van der Waals surface area contributed by atoms with Gasteiger partial charge in [-0.15, -0.1) is 11.3 Å². The molecule has 0 saturated heterocycles. The van der Waals surface area contributed by atoms with Crippen molar-refractivity contribution >= 4 is 28.3 Å². The number of para-hydroxylation sites is 2. The number of hydrogen-bond acceptors (Lipinski definition) is 5. The van der Waals surface area contributed by atoms with E-state index in [-0.39, 0.29) is 12.3 Å². The summed E-state index contributed by atoms with van der Waals surface area (Å²) in [5.74, 6) is 0.345. The lowest BCUT2D eigenvalue weighted by Crippen LogP contribution is -2.24. The highest BCUT2D eigenvalue weighted by atomic mass is 32.1. The summed E-state index contributed by atoms with van der Waals surface area (Å²) in [6.45, 7) is 4.63. The highest BCUT2D eigenvalue weighted by molar-refractivity contribution is 7.11. The number of aryl methyl sites for hydroxylation is 2. The minimum atomic E-state index is -0.0959. The number of oxazole rings is 1. The highest BCUT2D eigenvalue weighted by Gasteiger charge is 2.12. The Kier molecular flexibility index (Phi) is 4.71. The van der Waals surface area contributed by atoms with Crippen LogP contribution in [0.3, 0.4) is 0 Å². The lowest BCUT2D eigenvalue weighted by molar-refractivity contribution is -0.120. The third-order valence-corrected chi connectivity index (χ3v) is 4.71. The van der Waals surface area contributed by atoms with Gasteiger partial charge >= 0.3 is 0 Å². The summed E-state index contributed by atoms with van der Waals surface area (Å²) in [5.41, 5.74) is 2.48.